The van der Waals surface area contributed by atoms with Crippen molar-refractivity contribution in [2.45, 2.75) is 39.4 Å². The number of ether oxygens (including phenoxy) is 1. The summed E-state index contributed by atoms with van der Waals surface area (Å²) in [6.45, 7) is 13.2. The molecule has 0 bridgehead atoms. The number of nitrogens with zero attached hydrogens (tertiary/aromatic N) is 4. The number of morpholine rings is 1. The summed E-state index contributed by atoms with van der Waals surface area (Å²) in [5, 5.41) is 12.4. The molecule has 136 valence electrons. The van der Waals surface area contributed by atoms with Crippen LogP contribution in [0.15, 0.2) is 5.16 Å². The second-order valence-electron chi connectivity index (χ2n) is 6.87. The molecule has 1 aromatic heterocycles. The van der Waals surface area contributed by atoms with Crippen molar-refractivity contribution in [3.63, 3.8) is 0 Å². The zero-order valence-corrected chi connectivity index (χ0v) is 15.9. The first-order chi connectivity index (χ1) is 11.5. The van der Waals surface area contributed by atoms with Gasteiger partial charge in [-0.3, -0.25) is 9.36 Å². The van der Waals surface area contributed by atoms with Gasteiger partial charge in [-0.15, -0.1) is 10.2 Å². The number of nitrogens with one attached hydrogen (secondary N) is 1. The van der Waals surface area contributed by atoms with Crippen molar-refractivity contribution >= 4 is 23.6 Å². The fourth-order valence-corrected chi connectivity index (χ4v) is 3.18. The van der Waals surface area contributed by atoms with E-state index in [1.54, 1.807) is 0 Å². The minimum Gasteiger partial charge on any atom is -0.378 e. The molecule has 1 amide bonds. The molecule has 1 aliphatic rings. The molecule has 2 rings (SSSR count). The van der Waals surface area contributed by atoms with Crippen LogP contribution < -0.4 is 10.2 Å². The van der Waals surface area contributed by atoms with E-state index in [0.717, 1.165) is 30.7 Å². The molecule has 0 aliphatic carbocycles. The molecule has 0 atom stereocenters. The Morgan fingerprint density at radius 3 is 2.54 bits per heavy atom. The lowest BCUT2D eigenvalue weighted by atomic mass is 10.2. The van der Waals surface area contributed by atoms with E-state index in [1.165, 1.54) is 11.8 Å². The van der Waals surface area contributed by atoms with Crippen LogP contribution in [-0.2, 0) is 16.1 Å². The summed E-state index contributed by atoms with van der Waals surface area (Å²) < 4.78 is 7.55. The van der Waals surface area contributed by atoms with Crippen LogP contribution in [0.25, 0.3) is 0 Å². The molecule has 0 spiro atoms. The van der Waals surface area contributed by atoms with Gasteiger partial charge in [0.05, 0.1) is 19.0 Å². The van der Waals surface area contributed by atoms with Crippen LogP contribution >= 0.6 is 11.8 Å². The number of hydrogen-bond donors (Lipinski definition) is 1. The van der Waals surface area contributed by atoms with Gasteiger partial charge in [-0.25, -0.2) is 0 Å². The van der Waals surface area contributed by atoms with Gasteiger partial charge in [0.25, 0.3) is 0 Å². The number of carbonyl (C=O) groups excluding carboxylic acids is 1. The first-order valence-corrected chi connectivity index (χ1v) is 9.61. The molecule has 0 aromatic carbocycles. The second kappa shape index (κ2) is 9.27. The summed E-state index contributed by atoms with van der Waals surface area (Å²) in [5.41, 5.74) is 0. The molecule has 0 saturated carbocycles. The van der Waals surface area contributed by atoms with E-state index in [-0.39, 0.29) is 5.91 Å². The molecule has 1 aliphatic heterocycles. The normalized spacial score (nSPS) is 15.3. The largest absolute Gasteiger partial charge is 0.378 e. The van der Waals surface area contributed by atoms with Crippen LogP contribution in [0, 0.1) is 11.8 Å². The predicted octanol–water partition coefficient (Wildman–Crippen LogP) is 1.63. The average molecular weight is 356 g/mol. The van der Waals surface area contributed by atoms with Crippen LogP contribution in [0.4, 0.5) is 5.95 Å². The lowest BCUT2D eigenvalue weighted by Crippen LogP contribution is -2.38. The fraction of sp³-hybridized carbons (Fsp3) is 0.812. The van der Waals surface area contributed by atoms with Gasteiger partial charge in [0.15, 0.2) is 5.16 Å². The fourth-order valence-electron chi connectivity index (χ4n) is 2.41. The minimum absolute atomic E-state index is 0.0423. The molecule has 1 saturated heterocycles. The highest BCUT2D eigenvalue weighted by molar-refractivity contribution is 7.99. The third kappa shape index (κ3) is 5.66. The predicted molar refractivity (Wildman–Crippen MR) is 96.5 cm³/mol. The van der Waals surface area contributed by atoms with Gasteiger partial charge in [-0.05, 0) is 11.8 Å². The smallest absolute Gasteiger partial charge is 0.230 e. The van der Waals surface area contributed by atoms with Crippen LogP contribution in [0.3, 0.4) is 0 Å². The van der Waals surface area contributed by atoms with Crippen LogP contribution in [-0.4, -0.2) is 59.3 Å². The standard InChI is InChI=1S/C16H29N5O2S/c1-12(2)9-17-14(22)11-24-16-19-18-15(21(16)10-13(3)4)20-5-7-23-8-6-20/h12-13H,5-11H2,1-4H3,(H,17,22). The number of aromatic nitrogens is 3. The summed E-state index contributed by atoms with van der Waals surface area (Å²) in [6, 6.07) is 0. The Balaban J connectivity index is 2.02. The maximum absolute atomic E-state index is 11.9. The van der Waals surface area contributed by atoms with Crippen LogP contribution in [0.1, 0.15) is 27.7 Å². The van der Waals surface area contributed by atoms with E-state index in [1.807, 2.05) is 0 Å². The topological polar surface area (TPSA) is 72.3 Å². The zero-order chi connectivity index (χ0) is 17.5. The van der Waals surface area contributed by atoms with Crippen molar-refractivity contribution in [3.05, 3.63) is 0 Å². The minimum atomic E-state index is 0.0423. The summed E-state index contributed by atoms with van der Waals surface area (Å²) >= 11 is 1.45. The number of amides is 1. The van der Waals surface area contributed by atoms with Gasteiger partial charge in [0, 0.05) is 26.2 Å². The number of anilines is 1. The lowest BCUT2D eigenvalue weighted by molar-refractivity contribution is -0.118. The van der Waals surface area contributed by atoms with E-state index in [9.17, 15) is 4.79 Å². The third-order valence-electron chi connectivity index (χ3n) is 3.58. The Morgan fingerprint density at radius 2 is 1.92 bits per heavy atom. The summed E-state index contributed by atoms with van der Waals surface area (Å²) in [4.78, 5) is 14.2. The molecule has 8 heteroatoms. The van der Waals surface area contributed by atoms with Crippen LogP contribution in [0.5, 0.6) is 0 Å². The highest BCUT2D eigenvalue weighted by atomic mass is 32.2. The van der Waals surface area contributed by atoms with E-state index in [4.69, 9.17) is 4.74 Å². The number of rotatable bonds is 8. The van der Waals surface area contributed by atoms with E-state index in [2.05, 4.69) is 52.7 Å². The van der Waals surface area contributed by atoms with Crippen molar-refractivity contribution in [2.24, 2.45) is 11.8 Å². The summed E-state index contributed by atoms with van der Waals surface area (Å²) in [7, 11) is 0. The quantitative estimate of drug-likeness (QED) is 0.715. The van der Waals surface area contributed by atoms with E-state index < -0.39 is 0 Å². The van der Waals surface area contributed by atoms with Gasteiger partial charge in [-0.2, -0.15) is 0 Å². The maximum Gasteiger partial charge on any atom is 0.230 e. The first-order valence-electron chi connectivity index (χ1n) is 8.62. The number of carbonyl (C=O) groups is 1. The Labute approximate surface area is 148 Å². The Hall–Kier alpha value is -1.28. The zero-order valence-electron chi connectivity index (χ0n) is 15.1. The molecule has 1 N–H and O–H groups in total. The van der Waals surface area contributed by atoms with Crippen molar-refractivity contribution in [2.75, 3.05) is 43.5 Å². The van der Waals surface area contributed by atoms with Gasteiger partial charge >= 0.3 is 0 Å². The highest BCUT2D eigenvalue weighted by Crippen LogP contribution is 2.24. The SMILES string of the molecule is CC(C)CNC(=O)CSc1nnc(N2CCOCC2)n1CC(C)C. The number of hydrogen-bond acceptors (Lipinski definition) is 6. The Bertz CT molecular complexity index is 527. The van der Waals surface area contributed by atoms with Crippen molar-refractivity contribution in [3.8, 4) is 0 Å². The third-order valence-corrected chi connectivity index (χ3v) is 4.55. The van der Waals surface area contributed by atoms with E-state index >= 15 is 0 Å². The van der Waals surface area contributed by atoms with Crippen molar-refractivity contribution in [1.82, 2.24) is 20.1 Å². The summed E-state index contributed by atoms with van der Waals surface area (Å²) in [6.07, 6.45) is 0. The molecular formula is C16H29N5O2S. The lowest BCUT2D eigenvalue weighted by Gasteiger charge is -2.28. The Kier molecular flexibility index (Phi) is 7.36. The van der Waals surface area contributed by atoms with Gasteiger partial charge < -0.3 is 15.0 Å². The van der Waals surface area contributed by atoms with Gasteiger partial charge in [-0.1, -0.05) is 39.5 Å². The maximum atomic E-state index is 11.9. The molecule has 1 fully saturated rings. The van der Waals surface area contributed by atoms with Crippen LogP contribution in [0.2, 0.25) is 0 Å². The van der Waals surface area contributed by atoms with Gasteiger partial charge in [0.2, 0.25) is 11.9 Å². The second-order valence-corrected chi connectivity index (χ2v) is 7.82. The summed E-state index contributed by atoms with van der Waals surface area (Å²) in [5.74, 6) is 2.23. The number of thioether (sulfide) groups is 1. The molecule has 0 radical (unpaired) electrons. The molecule has 7 nitrogen and oxygen atoms in total. The molecule has 0 unspecified atom stereocenters. The molecular weight excluding hydrogens is 326 g/mol. The van der Waals surface area contributed by atoms with Crippen molar-refractivity contribution in [1.29, 1.82) is 0 Å². The first kappa shape index (κ1) is 19.1. The average Bonchev–Trinajstić information content (AvgIpc) is 2.93. The van der Waals surface area contributed by atoms with Crippen molar-refractivity contribution < 1.29 is 9.53 Å². The highest BCUT2D eigenvalue weighted by Gasteiger charge is 2.21. The van der Waals surface area contributed by atoms with E-state index in [0.29, 0.717) is 37.3 Å². The van der Waals surface area contributed by atoms with Gasteiger partial charge in [0.1, 0.15) is 0 Å². The monoisotopic (exact) mass is 355 g/mol. The molecule has 24 heavy (non-hydrogen) atoms. The molecule has 2 heterocycles. The Morgan fingerprint density at radius 1 is 1.21 bits per heavy atom. The molecule has 1 aromatic rings.